The zero-order valence-corrected chi connectivity index (χ0v) is 15.7. The predicted octanol–water partition coefficient (Wildman–Crippen LogP) is 0.532. The van der Waals surface area contributed by atoms with Gasteiger partial charge in [-0.2, -0.15) is 10.1 Å². The number of aliphatic hydroxyl groups excluding tert-OH is 1. The van der Waals surface area contributed by atoms with Gasteiger partial charge in [0.1, 0.15) is 12.3 Å². The van der Waals surface area contributed by atoms with Gasteiger partial charge in [0.2, 0.25) is 18.2 Å². The van der Waals surface area contributed by atoms with E-state index in [-0.39, 0.29) is 6.10 Å². The van der Waals surface area contributed by atoms with Crippen LogP contribution < -0.4 is 4.90 Å². The summed E-state index contributed by atoms with van der Waals surface area (Å²) < 4.78 is 5.93. The summed E-state index contributed by atoms with van der Waals surface area (Å²) in [6.45, 7) is 4.04. The highest BCUT2D eigenvalue weighted by molar-refractivity contribution is 6.26. The zero-order valence-electron chi connectivity index (χ0n) is 15.7. The lowest BCUT2D eigenvalue weighted by atomic mass is 9.91. The number of aromatic nitrogens is 2. The lowest BCUT2D eigenvalue weighted by Crippen LogP contribution is -2.52. The topological polar surface area (TPSA) is 89.7 Å². The number of nitrogens with zero attached hydrogens (tertiary/aromatic N) is 7. The van der Waals surface area contributed by atoms with Crippen molar-refractivity contribution in [2.75, 3.05) is 38.1 Å². The first-order chi connectivity index (χ1) is 13.2. The van der Waals surface area contributed by atoms with Crippen LogP contribution in [0.15, 0.2) is 28.6 Å². The number of anilines is 1. The number of hydrazone groups is 1. The molecule has 1 aromatic rings. The third kappa shape index (κ3) is 4.36. The first-order valence-electron chi connectivity index (χ1n) is 9.64. The Morgan fingerprint density at radius 2 is 1.74 bits per heavy atom. The van der Waals surface area contributed by atoms with Crippen LogP contribution in [-0.4, -0.2) is 88.8 Å². The Balaban J connectivity index is 1.22. The molecule has 1 unspecified atom stereocenters. The van der Waals surface area contributed by atoms with Crippen LogP contribution in [0.3, 0.4) is 0 Å². The summed E-state index contributed by atoms with van der Waals surface area (Å²) in [5.41, 5.74) is 0. The summed E-state index contributed by atoms with van der Waals surface area (Å²) >= 11 is 0. The monoisotopic (exact) mass is 373 g/mol. The highest BCUT2D eigenvalue weighted by Crippen LogP contribution is 2.26. The van der Waals surface area contributed by atoms with Gasteiger partial charge in [0.05, 0.1) is 0 Å². The van der Waals surface area contributed by atoms with E-state index in [1.165, 1.54) is 5.01 Å². The molecular formula is C18H27N7O2. The molecule has 0 spiro atoms. The van der Waals surface area contributed by atoms with Crippen molar-refractivity contribution >= 4 is 18.1 Å². The molecule has 1 aliphatic carbocycles. The van der Waals surface area contributed by atoms with Crippen molar-refractivity contribution in [2.45, 2.75) is 44.2 Å². The van der Waals surface area contributed by atoms with E-state index in [1.54, 1.807) is 25.7 Å². The summed E-state index contributed by atoms with van der Waals surface area (Å²) in [7, 11) is 1.68. The van der Waals surface area contributed by atoms with Crippen LogP contribution in [-0.2, 0) is 4.74 Å². The third-order valence-electron chi connectivity index (χ3n) is 5.52. The summed E-state index contributed by atoms with van der Waals surface area (Å²) in [5.74, 6) is 1.26. The van der Waals surface area contributed by atoms with E-state index in [9.17, 15) is 5.11 Å². The fourth-order valence-corrected chi connectivity index (χ4v) is 3.93. The lowest BCUT2D eigenvalue weighted by molar-refractivity contribution is 0.0237. The van der Waals surface area contributed by atoms with Crippen molar-refractivity contribution in [1.82, 2.24) is 19.9 Å². The SMILES string of the molecule is CN1N=CC(OC2CCC(N3CCN(c4ncccn4)CC3)CC2)=NC1O. The van der Waals surface area contributed by atoms with Gasteiger partial charge < -0.3 is 14.7 Å². The summed E-state index contributed by atoms with van der Waals surface area (Å²) in [6, 6.07) is 2.46. The summed E-state index contributed by atoms with van der Waals surface area (Å²) in [4.78, 5) is 17.7. The van der Waals surface area contributed by atoms with Crippen LogP contribution >= 0.6 is 0 Å². The van der Waals surface area contributed by atoms with Gasteiger partial charge in [-0.1, -0.05) is 0 Å². The van der Waals surface area contributed by atoms with Gasteiger partial charge >= 0.3 is 0 Å². The molecule has 0 bridgehead atoms. The second-order valence-electron chi connectivity index (χ2n) is 7.25. The Kier molecular flexibility index (Phi) is 5.49. The van der Waals surface area contributed by atoms with Crippen LogP contribution in [0, 0.1) is 0 Å². The molecule has 3 heterocycles. The average molecular weight is 373 g/mol. The molecule has 1 saturated carbocycles. The highest BCUT2D eigenvalue weighted by Gasteiger charge is 2.30. The Hall–Kier alpha value is -2.26. The van der Waals surface area contributed by atoms with E-state index in [0.717, 1.165) is 57.8 Å². The highest BCUT2D eigenvalue weighted by atomic mass is 16.5. The van der Waals surface area contributed by atoms with Gasteiger partial charge in [-0.25, -0.2) is 9.97 Å². The van der Waals surface area contributed by atoms with Gasteiger partial charge in [0.25, 0.3) is 0 Å². The molecule has 2 aliphatic heterocycles. The van der Waals surface area contributed by atoms with E-state index in [0.29, 0.717) is 11.9 Å². The van der Waals surface area contributed by atoms with Crippen LogP contribution in [0.4, 0.5) is 5.95 Å². The molecule has 0 amide bonds. The predicted molar refractivity (Wildman–Crippen MR) is 103 cm³/mol. The molecule has 9 nitrogen and oxygen atoms in total. The van der Waals surface area contributed by atoms with Gasteiger partial charge in [0.15, 0.2) is 0 Å². The van der Waals surface area contributed by atoms with Crippen LogP contribution in [0.1, 0.15) is 25.7 Å². The van der Waals surface area contributed by atoms with Crippen molar-refractivity contribution < 1.29 is 9.84 Å². The molecule has 1 N–H and O–H groups in total. The molecule has 0 aromatic carbocycles. The number of rotatable bonds is 3. The van der Waals surface area contributed by atoms with Crippen molar-refractivity contribution in [3.8, 4) is 0 Å². The second kappa shape index (κ2) is 8.18. The number of hydrogen-bond donors (Lipinski definition) is 1. The van der Waals surface area contributed by atoms with Crippen LogP contribution in [0.5, 0.6) is 0 Å². The van der Waals surface area contributed by atoms with E-state index < -0.39 is 6.35 Å². The second-order valence-corrected chi connectivity index (χ2v) is 7.25. The Labute approximate surface area is 159 Å². The number of piperazine rings is 1. The number of aliphatic hydroxyl groups is 1. The van der Waals surface area contributed by atoms with Crippen molar-refractivity contribution in [3.05, 3.63) is 18.5 Å². The maximum Gasteiger partial charge on any atom is 0.243 e. The largest absolute Gasteiger partial charge is 0.473 e. The van der Waals surface area contributed by atoms with E-state index in [1.807, 2.05) is 6.07 Å². The Morgan fingerprint density at radius 1 is 1.04 bits per heavy atom. The van der Waals surface area contributed by atoms with Gasteiger partial charge in [0, 0.05) is 51.7 Å². The number of ether oxygens (including phenoxy) is 1. The molecule has 2 fully saturated rings. The minimum atomic E-state index is -0.953. The maximum absolute atomic E-state index is 9.72. The van der Waals surface area contributed by atoms with E-state index >= 15 is 0 Å². The normalized spacial score (nSPS) is 29.6. The van der Waals surface area contributed by atoms with Gasteiger partial charge in [-0.15, -0.1) is 0 Å². The standard InChI is InChI=1S/C18H27N7O2/c1-23-18(26)22-16(13-21-23)27-15-5-3-14(4-6-15)24-9-11-25(12-10-24)17-19-7-2-8-20-17/h2,7-8,13-15,18,26H,3-6,9-12H2,1H3. The quantitative estimate of drug-likeness (QED) is 0.827. The zero-order chi connectivity index (χ0) is 18.6. The molecule has 1 saturated heterocycles. The van der Waals surface area contributed by atoms with Crippen LogP contribution in [0.25, 0.3) is 0 Å². The summed E-state index contributed by atoms with van der Waals surface area (Å²) in [5, 5.41) is 15.2. The van der Waals surface area contributed by atoms with E-state index in [2.05, 4.69) is 29.9 Å². The fourth-order valence-electron chi connectivity index (χ4n) is 3.93. The van der Waals surface area contributed by atoms with Crippen molar-refractivity contribution in [2.24, 2.45) is 10.1 Å². The Bertz CT molecular complexity index is 668. The number of hydrogen-bond acceptors (Lipinski definition) is 9. The fraction of sp³-hybridized carbons (Fsp3) is 0.667. The van der Waals surface area contributed by atoms with Gasteiger partial charge in [-0.05, 0) is 31.7 Å². The van der Waals surface area contributed by atoms with Crippen LogP contribution in [0.2, 0.25) is 0 Å². The minimum absolute atomic E-state index is 0.154. The molecule has 9 heteroatoms. The van der Waals surface area contributed by atoms with Crippen molar-refractivity contribution in [1.29, 1.82) is 0 Å². The molecule has 146 valence electrons. The average Bonchev–Trinajstić information content (AvgIpc) is 2.72. The molecule has 0 radical (unpaired) electrons. The third-order valence-corrected chi connectivity index (χ3v) is 5.52. The Morgan fingerprint density at radius 3 is 2.41 bits per heavy atom. The van der Waals surface area contributed by atoms with E-state index in [4.69, 9.17) is 4.74 Å². The summed E-state index contributed by atoms with van der Waals surface area (Å²) in [6.07, 6.45) is 8.63. The molecular weight excluding hydrogens is 346 g/mol. The van der Waals surface area contributed by atoms with Gasteiger partial charge in [-0.3, -0.25) is 9.91 Å². The molecule has 3 aliphatic rings. The minimum Gasteiger partial charge on any atom is -0.473 e. The maximum atomic E-state index is 9.72. The molecule has 4 rings (SSSR count). The molecule has 27 heavy (non-hydrogen) atoms. The van der Waals surface area contributed by atoms with Crippen molar-refractivity contribution in [3.63, 3.8) is 0 Å². The number of aliphatic imine (C=N–C) groups is 1. The first-order valence-corrected chi connectivity index (χ1v) is 9.64. The first kappa shape index (κ1) is 18.1. The molecule has 1 aromatic heterocycles. The smallest absolute Gasteiger partial charge is 0.243 e. The molecule has 1 atom stereocenters. The lowest BCUT2D eigenvalue weighted by Gasteiger charge is -2.41.